The van der Waals surface area contributed by atoms with E-state index in [1.165, 1.54) is 32.2 Å². The van der Waals surface area contributed by atoms with Crippen LogP contribution in [0, 0.1) is 17.8 Å². The Balaban J connectivity index is 3.36. The quantitative estimate of drug-likeness (QED) is 0.569. The minimum absolute atomic E-state index is 0.777. The predicted molar refractivity (Wildman–Crippen MR) is 70.2 cm³/mol. The molecule has 0 saturated heterocycles. The van der Waals surface area contributed by atoms with Gasteiger partial charge in [0.15, 0.2) is 0 Å². The van der Waals surface area contributed by atoms with Crippen LogP contribution in [0.25, 0.3) is 0 Å². The van der Waals surface area contributed by atoms with Gasteiger partial charge < -0.3 is 5.32 Å². The first kappa shape index (κ1) is 15.0. The van der Waals surface area contributed by atoms with E-state index in [1.54, 1.807) is 0 Å². The van der Waals surface area contributed by atoms with Gasteiger partial charge >= 0.3 is 0 Å². The van der Waals surface area contributed by atoms with Crippen molar-refractivity contribution < 1.29 is 0 Å². The molecule has 0 saturated carbocycles. The highest BCUT2D eigenvalue weighted by Gasteiger charge is 2.07. The van der Waals surface area contributed by atoms with Crippen LogP contribution in [0.15, 0.2) is 0 Å². The molecule has 0 radical (unpaired) electrons. The summed E-state index contributed by atoms with van der Waals surface area (Å²) in [5.41, 5.74) is 0. The Morgan fingerprint density at radius 2 is 1.53 bits per heavy atom. The fourth-order valence-corrected chi connectivity index (χ4v) is 2.15. The minimum Gasteiger partial charge on any atom is -0.316 e. The van der Waals surface area contributed by atoms with E-state index < -0.39 is 0 Å². The molecule has 0 aliphatic rings. The lowest BCUT2D eigenvalue weighted by Crippen LogP contribution is -2.22. The smallest absolute Gasteiger partial charge is 0.00258 e. The van der Waals surface area contributed by atoms with Gasteiger partial charge in [-0.2, -0.15) is 0 Å². The molecule has 1 nitrogen and oxygen atoms in total. The minimum atomic E-state index is 0.777. The molecular weight excluding hydrogens is 182 g/mol. The van der Waals surface area contributed by atoms with E-state index >= 15 is 0 Å². The summed E-state index contributed by atoms with van der Waals surface area (Å²) in [6, 6.07) is 0. The van der Waals surface area contributed by atoms with E-state index in [2.05, 4.69) is 39.9 Å². The van der Waals surface area contributed by atoms with Gasteiger partial charge in [0.2, 0.25) is 0 Å². The summed E-state index contributed by atoms with van der Waals surface area (Å²) >= 11 is 0. The molecule has 0 aromatic rings. The van der Waals surface area contributed by atoms with Gasteiger partial charge in [0, 0.05) is 0 Å². The summed E-state index contributed by atoms with van der Waals surface area (Å²) in [4.78, 5) is 0. The molecule has 0 rings (SSSR count). The topological polar surface area (TPSA) is 12.0 Å². The molecule has 92 valence electrons. The van der Waals surface area contributed by atoms with Crippen LogP contribution in [0.3, 0.4) is 0 Å². The van der Waals surface area contributed by atoms with Gasteiger partial charge in [-0.1, -0.05) is 47.5 Å². The van der Waals surface area contributed by atoms with Crippen LogP contribution < -0.4 is 5.32 Å². The Morgan fingerprint density at radius 1 is 0.933 bits per heavy atom. The molecule has 1 N–H and O–H groups in total. The zero-order valence-corrected chi connectivity index (χ0v) is 11.5. The molecule has 0 aromatic carbocycles. The average Bonchev–Trinajstić information content (AvgIpc) is 2.12. The first-order valence-electron chi connectivity index (χ1n) is 6.76. The van der Waals surface area contributed by atoms with Crippen LogP contribution in [-0.2, 0) is 0 Å². The van der Waals surface area contributed by atoms with Crippen molar-refractivity contribution in [2.75, 3.05) is 13.1 Å². The van der Waals surface area contributed by atoms with Crippen molar-refractivity contribution in [1.82, 2.24) is 5.32 Å². The molecule has 0 heterocycles. The molecule has 15 heavy (non-hydrogen) atoms. The Morgan fingerprint density at radius 3 is 2.07 bits per heavy atom. The Hall–Kier alpha value is -0.0400. The van der Waals surface area contributed by atoms with Crippen LogP contribution in [0.1, 0.15) is 60.3 Å². The van der Waals surface area contributed by atoms with E-state index in [0.29, 0.717) is 0 Å². The third-order valence-electron chi connectivity index (χ3n) is 2.95. The summed E-state index contributed by atoms with van der Waals surface area (Å²) < 4.78 is 0. The summed E-state index contributed by atoms with van der Waals surface area (Å²) in [5.74, 6) is 2.57. The van der Waals surface area contributed by atoms with Gasteiger partial charge in [-0.05, 0) is 43.7 Å². The van der Waals surface area contributed by atoms with Crippen molar-refractivity contribution in [2.24, 2.45) is 17.8 Å². The molecule has 0 spiro atoms. The molecule has 2 atom stereocenters. The lowest BCUT2D eigenvalue weighted by atomic mass is 9.92. The highest BCUT2D eigenvalue weighted by Crippen LogP contribution is 2.18. The average molecular weight is 213 g/mol. The third kappa shape index (κ3) is 10.2. The van der Waals surface area contributed by atoms with Gasteiger partial charge in [-0.25, -0.2) is 0 Å². The highest BCUT2D eigenvalue weighted by atomic mass is 14.8. The van der Waals surface area contributed by atoms with Gasteiger partial charge in [0.25, 0.3) is 0 Å². The fourth-order valence-electron chi connectivity index (χ4n) is 2.15. The molecule has 0 amide bonds. The first-order valence-corrected chi connectivity index (χ1v) is 6.76. The van der Waals surface area contributed by atoms with Crippen molar-refractivity contribution in [3.63, 3.8) is 0 Å². The molecule has 0 bridgehead atoms. The summed E-state index contributed by atoms with van der Waals surface area (Å²) in [6.07, 6.45) is 5.46. The van der Waals surface area contributed by atoms with Crippen molar-refractivity contribution in [3.8, 4) is 0 Å². The molecule has 0 aliphatic carbocycles. The third-order valence-corrected chi connectivity index (χ3v) is 2.95. The number of hydrogen-bond acceptors (Lipinski definition) is 1. The lowest BCUT2D eigenvalue weighted by Gasteiger charge is -2.17. The van der Waals surface area contributed by atoms with E-state index in [0.717, 1.165) is 24.3 Å². The van der Waals surface area contributed by atoms with E-state index in [-0.39, 0.29) is 0 Å². The van der Waals surface area contributed by atoms with E-state index in [1.807, 2.05) is 0 Å². The second-order valence-corrected chi connectivity index (χ2v) is 5.62. The van der Waals surface area contributed by atoms with Gasteiger partial charge in [0.1, 0.15) is 0 Å². The fraction of sp³-hybridized carbons (Fsp3) is 1.00. The van der Waals surface area contributed by atoms with Gasteiger partial charge in [-0.3, -0.25) is 0 Å². The molecule has 0 fully saturated rings. The molecular formula is C14H31N. The van der Waals surface area contributed by atoms with Crippen LogP contribution in [0.4, 0.5) is 0 Å². The Labute approximate surface area is 97.0 Å². The van der Waals surface area contributed by atoms with Crippen LogP contribution in [0.2, 0.25) is 0 Å². The zero-order valence-electron chi connectivity index (χ0n) is 11.5. The summed E-state index contributed by atoms with van der Waals surface area (Å²) in [7, 11) is 0. The number of rotatable bonds is 9. The van der Waals surface area contributed by atoms with Crippen LogP contribution >= 0.6 is 0 Å². The van der Waals surface area contributed by atoms with Crippen LogP contribution in [-0.4, -0.2) is 13.1 Å². The Bertz CT molecular complexity index is 131. The second kappa shape index (κ2) is 9.21. The second-order valence-electron chi connectivity index (χ2n) is 5.62. The highest BCUT2D eigenvalue weighted by molar-refractivity contribution is 4.61. The zero-order chi connectivity index (χ0) is 11.7. The summed E-state index contributed by atoms with van der Waals surface area (Å²) in [6.45, 7) is 13.9. The first-order chi connectivity index (χ1) is 7.06. The largest absolute Gasteiger partial charge is 0.316 e. The Kier molecular flexibility index (Phi) is 9.18. The molecule has 2 unspecified atom stereocenters. The lowest BCUT2D eigenvalue weighted by molar-refractivity contribution is 0.367. The van der Waals surface area contributed by atoms with E-state index in [9.17, 15) is 0 Å². The number of hydrogen-bond donors (Lipinski definition) is 1. The van der Waals surface area contributed by atoms with Gasteiger partial charge in [0.05, 0.1) is 0 Å². The molecule has 0 aromatic heterocycles. The normalized spacial score (nSPS) is 15.6. The molecule has 0 aliphatic heterocycles. The summed E-state index contributed by atoms with van der Waals surface area (Å²) in [5, 5.41) is 3.52. The number of nitrogens with one attached hydrogen (secondary N) is 1. The van der Waals surface area contributed by atoms with E-state index in [4.69, 9.17) is 0 Å². The van der Waals surface area contributed by atoms with Gasteiger partial charge in [-0.15, -0.1) is 0 Å². The monoisotopic (exact) mass is 213 g/mol. The SMILES string of the molecule is CCCC(C)CC(C)CCNCC(C)C. The van der Waals surface area contributed by atoms with Crippen molar-refractivity contribution >= 4 is 0 Å². The van der Waals surface area contributed by atoms with Crippen molar-refractivity contribution in [2.45, 2.75) is 60.3 Å². The maximum atomic E-state index is 3.52. The van der Waals surface area contributed by atoms with Crippen LogP contribution in [0.5, 0.6) is 0 Å². The van der Waals surface area contributed by atoms with Crippen molar-refractivity contribution in [3.05, 3.63) is 0 Å². The molecule has 1 heteroatoms. The van der Waals surface area contributed by atoms with Crippen molar-refractivity contribution in [1.29, 1.82) is 0 Å². The maximum Gasteiger partial charge on any atom is -0.00258 e. The predicted octanol–water partition coefficient (Wildman–Crippen LogP) is 4.08. The standard InChI is InChI=1S/C14H31N/c1-6-7-13(4)10-14(5)8-9-15-11-12(2)3/h12-15H,6-11H2,1-5H3. The maximum absolute atomic E-state index is 3.52.